The van der Waals surface area contributed by atoms with Crippen LogP contribution < -0.4 is 10.1 Å². The standard InChI is InChI=1S/C24H21ClN4O3/c25-19-7-4-16(5-8-19)13-29-15-26-24(28-29)27-23(30)22-11-10-21(32-22)14-31-20-9-6-17-2-1-3-18(17)12-20/h4-12,15H,1-3,13-14H2,(H,27,28,30). The molecule has 7 nitrogen and oxygen atoms in total. The molecule has 162 valence electrons. The van der Waals surface area contributed by atoms with Gasteiger partial charge in [-0.05, 0) is 72.4 Å². The zero-order chi connectivity index (χ0) is 21.9. The number of nitrogens with zero attached hydrogens (tertiary/aromatic N) is 3. The van der Waals surface area contributed by atoms with Crippen LogP contribution in [0.5, 0.6) is 5.75 Å². The van der Waals surface area contributed by atoms with Gasteiger partial charge >= 0.3 is 0 Å². The molecule has 0 radical (unpaired) electrons. The summed E-state index contributed by atoms with van der Waals surface area (Å²) in [6.45, 7) is 0.769. The maximum absolute atomic E-state index is 12.5. The number of carbonyl (C=O) groups excluding carboxylic acids is 1. The van der Waals surface area contributed by atoms with E-state index in [9.17, 15) is 4.79 Å². The minimum atomic E-state index is -0.418. The lowest BCUT2D eigenvalue weighted by Crippen LogP contribution is -2.12. The first-order valence-corrected chi connectivity index (χ1v) is 10.8. The number of rotatable bonds is 7. The Morgan fingerprint density at radius 1 is 1.09 bits per heavy atom. The molecule has 0 atom stereocenters. The van der Waals surface area contributed by atoms with Crippen LogP contribution >= 0.6 is 11.6 Å². The van der Waals surface area contributed by atoms with Gasteiger partial charge < -0.3 is 9.15 Å². The van der Waals surface area contributed by atoms with Crippen LogP contribution in [0.1, 0.15) is 39.4 Å². The number of amides is 1. The predicted molar refractivity (Wildman–Crippen MR) is 120 cm³/mol. The Morgan fingerprint density at radius 2 is 1.94 bits per heavy atom. The number of aromatic nitrogens is 3. The third-order valence-corrected chi connectivity index (χ3v) is 5.61. The van der Waals surface area contributed by atoms with Crippen LogP contribution in [-0.2, 0) is 26.0 Å². The van der Waals surface area contributed by atoms with Crippen molar-refractivity contribution < 1.29 is 13.9 Å². The van der Waals surface area contributed by atoms with Gasteiger partial charge in [0.05, 0.1) is 6.54 Å². The van der Waals surface area contributed by atoms with Crippen LogP contribution in [0.3, 0.4) is 0 Å². The number of hydrogen-bond donors (Lipinski definition) is 1. The average Bonchev–Trinajstić information content (AvgIpc) is 3.54. The Morgan fingerprint density at radius 3 is 2.81 bits per heavy atom. The summed E-state index contributed by atoms with van der Waals surface area (Å²) in [4.78, 5) is 16.6. The van der Waals surface area contributed by atoms with Crippen molar-refractivity contribution in [3.63, 3.8) is 0 Å². The molecule has 32 heavy (non-hydrogen) atoms. The number of anilines is 1. The van der Waals surface area contributed by atoms with Gasteiger partial charge in [-0.2, -0.15) is 0 Å². The third-order valence-electron chi connectivity index (χ3n) is 5.36. The highest BCUT2D eigenvalue weighted by molar-refractivity contribution is 6.30. The predicted octanol–water partition coefficient (Wildman–Crippen LogP) is 4.89. The molecule has 0 spiro atoms. The van der Waals surface area contributed by atoms with Gasteiger partial charge in [-0.1, -0.05) is 29.8 Å². The molecule has 0 aliphatic heterocycles. The molecule has 0 bridgehead atoms. The van der Waals surface area contributed by atoms with E-state index < -0.39 is 5.91 Å². The summed E-state index contributed by atoms with van der Waals surface area (Å²) in [5.41, 5.74) is 3.78. The summed E-state index contributed by atoms with van der Waals surface area (Å²) in [7, 11) is 0. The molecule has 4 aromatic rings. The van der Waals surface area contributed by atoms with E-state index in [1.807, 2.05) is 30.3 Å². The zero-order valence-corrected chi connectivity index (χ0v) is 18.0. The normalized spacial score (nSPS) is 12.5. The molecule has 1 amide bonds. The van der Waals surface area contributed by atoms with E-state index >= 15 is 0 Å². The van der Waals surface area contributed by atoms with Crippen molar-refractivity contribution in [1.82, 2.24) is 14.8 Å². The monoisotopic (exact) mass is 448 g/mol. The number of benzene rings is 2. The van der Waals surface area contributed by atoms with Gasteiger partial charge in [0.15, 0.2) is 5.76 Å². The minimum Gasteiger partial charge on any atom is -0.486 e. The number of halogens is 1. The Kier molecular flexibility index (Phi) is 5.64. The molecule has 0 fully saturated rings. The number of fused-ring (bicyclic) bond motifs is 1. The number of furan rings is 1. The first-order chi connectivity index (χ1) is 15.6. The van der Waals surface area contributed by atoms with Gasteiger partial charge in [0.25, 0.3) is 5.91 Å². The highest BCUT2D eigenvalue weighted by Crippen LogP contribution is 2.26. The molecule has 2 aromatic carbocycles. The van der Waals surface area contributed by atoms with E-state index in [1.165, 1.54) is 17.5 Å². The molecule has 5 rings (SSSR count). The lowest BCUT2D eigenvalue weighted by molar-refractivity contribution is 0.0991. The highest BCUT2D eigenvalue weighted by atomic mass is 35.5. The summed E-state index contributed by atoms with van der Waals surface area (Å²) in [6, 6.07) is 17.0. The molecular formula is C24H21ClN4O3. The zero-order valence-electron chi connectivity index (χ0n) is 17.3. The minimum absolute atomic E-state index is 0.173. The van der Waals surface area contributed by atoms with E-state index in [1.54, 1.807) is 23.1 Å². The van der Waals surface area contributed by atoms with Gasteiger partial charge in [0.2, 0.25) is 5.95 Å². The first kappa shape index (κ1) is 20.3. The Balaban J connectivity index is 1.16. The van der Waals surface area contributed by atoms with Crippen LogP contribution in [0.15, 0.2) is 65.3 Å². The van der Waals surface area contributed by atoms with Crippen LogP contribution in [-0.4, -0.2) is 20.7 Å². The van der Waals surface area contributed by atoms with Crippen LogP contribution in [0.2, 0.25) is 5.02 Å². The molecule has 1 N–H and O–H groups in total. The molecule has 2 heterocycles. The van der Waals surface area contributed by atoms with Gasteiger partial charge in [-0.25, -0.2) is 9.67 Å². The molecular weight excluding hydrogens is 428 g/mol. The molecule has 1 aliphatic carbocycles. The van der Waals surface area contributed by atoms with Crippen LogP contribution in [0.25, 0.3) is 0 Å². The number of nitrogens with one attached hydrogen (secondary N) is 1. The number of ether oxygens (including phenoxy) is 1. The molecule has 2 aromatic heterocycles. The van der Waals surface area contributed by atoms with Crippen LogP contribution in [0, 0.1) is 0 Å². The number of aryl methyl sites for hydroxylation is 2. The lowest BCUT2D eigenvalue weighted by atomic mass is 10.1. The summed E-state index contributed by atoms with van der Waals surface area (Å²) >= 11 is 5.91. The van der Waals surface area contributed by atoms with Crippen molar-refractivity contribution in [3.05, 3.63) is 94.2 Å². The summed E-state index contributed by atoms with van der Waals surface area (Å²) in [5, 5.41) is 7.61. The highest BCUT2D eigenvalue weighted by Gasteiger charge is 2.15. The van der Waals surface area contributed by atoms with Gasteiger partial charge in [-0.15, -0.1) is 5.10 Å². The van der Waals surface area contributed by atoms with E-state index in [4.69, 9.17) is 20.8 Å². The molecule has 0 saturated carbocycles. The molecule has 0 unspecified atom stereocenters. The summed E-state index contributed by atoms with van der Waals surface area (Å²) in [5.74, 6) is 1.33. The quantitative estimate of drug-likeness (QED) is 0.435. The maximum atomic E-state index is 12.5. The topological polar surface area (TPSA) is 82.2 Å². The SMILES string of the molecule is O=C(Nc1ncn(Cc2ccc(Cl)cc2)n1)c1ccc(COc2ccc3c(c2)CCC3)o1. The largest absolute Gasteiger partial charge is 0.486 e. The average molecular weight is 449 g/mol. The summed E-state index contributed by atoms with van der Waals surface area (Å²) < 4.78 is 13.1. The fourth-order valence-corrected chi connectivity index (χ4v) is 3.86. The second kappa shape index (κ2) is 8.88. The first-order valence-electron chi connectivity index (χ1n) is 10.4. The van der Waals surface area contributed by atoms with Crippen LogP contribution in [0.4, 0.5) is 5.95 Å². The van der Waals surface area contributed by atoms with Gasteiger partial charge in [0.1, 0.15) is 24.4 Å². The van der Waals surface area contributed by atoms with E-state index in [0.29, 0.717) is 17.3 Å². The third kappa shape index (κ3) is 4.68. The Labute approximate surface area is 190 Å². The second-order valence-electron chi connectivity index (χ2n) is 7.69. The Hall–Kier alpha value is -3.58. The van der Waals surface area contributed by atoms with E-state index in [-0.39, 0.29) is 18.3 Å². The van der Waals surface area contributed by atoms with Crippen molar-refractivity contribution in [2.24, 2.45) is 0 Å². The fraction of sp³-hybridized carbons (Fsp3) is 0.208. The Bertz CT molecular complexity index is 1250. The fourth-order valence-electron chi connectivity index (χ4n) is 3.74. The molecule has 0 saturated heterocycles. The molecule has 1 aliphatic rings. The van der Waals surface area contributed by atoms with Crippen molar-refractivity contribution in [1.29, 1.82) is 0 Å². The smallest absolute Gasteiger partial charge is 0.293 e. The second-order valence-corrected chi connectivity index (χ2v) is 8.12. The van der Waals surface area contributed by atoms with Crippen molar-refractivity contribution in [3.8, 4) is 5.75 Å². The van der Waals surface area contributed by atoms with Crippen molar-refractivity contribution in [2.45, 2.75) is 32.4 Å². The van der Waals surface area contributed by atoms with E-state index in [2.05, 4.69) is 27.5 Å². The van der Waals surface area contributed by atoms with E-state index in [0.717, 1.165) is 24.2 Å². The summed E-state index contributed by atoms with van der Waals surface area (Å²) in [6.07, 6.45) is 4.99. The van der Waals surface area contributed by atoms with Gasteiger partial charge in [0, 0.05) is 5.02 Å². The van der Waals surface area contributed by atoms with Crippen molar-refractivity contribution >= 4 is 23.5 Å². The number of carbonyl (C=O) groups is 1. The van der Waals surface area contributed by atoms with Gasteiger partial charge in [-0.3, -0.25) is 10.1 Å². The maximum Gasteiger partial charge on any atom is 0.293 e. The van der Waals surface area contributed by atoms with Crippen molar-refractivity contribution in [2.75, 3.05) is 5.32 Å². The number of hydrogen-bond acceptors (Lipinski definition) is 5. The lowest BCUT2D eigenvalue weighted by Gasteiger charge is -2.06. The molecule has 8 heteroatoms.